The lowest BCUT2D eigenvalue weighted by molar-refractivity contribution is -0.131. The molecular formula is C15H18BrN3O. The molecule has 0 radical (unpaired) electrons. The van der Waals surface area contributed by atoms with Gasteiger partial charge in [0.1, 0.15) is 0 Å². The van der Waals surface area contributed by atoms with Crippen LogP contribution in [0.15, 0.2) is 28.9 Å². The Morgan fingerprint density at radius 2 is 2.35 bits per heavy atom. The first kappa shape index (κ1) is 13.6. The molecule has 3 rings (SSSR count). The maximum atomic E-state index is 12.4. The summed E-state index contributed by atoms with van der Waals surface area (Å²) in [7, 11) is 0. The molecule has 0 saturated carbocycles. The van der Waals surface area contributed by atoms with Gasteiger partial charge < -0.3 is 15.2 Å². The third-order valence-electron chi connectivity index (χ3n) is 3.79. The smallest absolute Gasteiger partial charge is 0.227 e. The van der Waals surface area contributed by atoms with Crippen LogP contribution >= 0.6 is 15.9 Å². The molecule has 2 aromatic rings. The first-order valence-electron chi connectivity index (χ1n) is 6.90. The minimum Gasteiger partial charge on any atom is -0.361 e. The van der Waals surface area contributed by atoms with Crippen LogP contribution in [-0.2, 0) is 11.2 Å². The number of hydrogen-bond donors (Lipinski definition) is 2. The number of hydrogen-bond acceptors (Lipinski definition) is 2. The van der Waals surface area contributed by atoms with Crippen LogP contribution in [0.3, 0.4) is 0 Å². The molecule has 0 aliphatic carbocycles. The SMILES string of the molecule is C[C@@H]1CN(C(=O)Cc2c[nH]c3cc(Br)ccc23)CCN1. The molecular weight excluding hydrogens is 318 g/mol. The predicted octanol–water partition coefficient (Wildman–Crippen LogP) is 2.29. The van der Waals surface area contributed by atoms with E-state index >= 15 is 0 Å². The summed E-state index contributed by atoms with van der Waals surface area (Å²) in [5.41, 5.74) is 2.14. The van der Waals surface area contributed by atoms with Gasteiger partial charge in [0.05, 0.1) is 6.42 Å². The van der Waals surface area contributed by atoms with E-state index in [2.05, 4.69) is 39.2 Å². The first-order valence-corrected chi connectivity index (χ1v) is 7.69. The topological polar surface area (TPSA) is 48.1 Å². The molecule has 1 aromatic heterocycles. The van der Waals surface area contributed by atoms with E-state index in [9.17, 15) is 4.79 Å². The number of benzene rings is 1. The van der Waals surface area contributed by atoms with Gasteiger partial charge in [0.15, 0.2) is 0 Å². The van der Waals surface area contributed by atoms with Crippen LogP contribution in [0.4, 0.5) is 0 Å². The van der Waals surface area contributed by atoms with E-state index in [1.165, 1.54) is 0 Å². The number of rotatable bonds is 2. The number of amides is 1. The average Bonchev–Trinajstić information content (AvgIpc) is 2.81. The second kappa shape index (κ2) is 5.58. The van der Waals surface area contributed by atoms with Crippen LogP contribution in [0.1, 0.15) is 12.5 Å². The summed E-state index contributed by atoms with van der Waals surface area (Å²) < 4.78 is 1.04. The minimum atomic E-state index is 0.210. The summed E-state index contributed by atoms with van der Waals surface area (Å²) in [5.74, 6) is 0.210. The second-order valence-electron chi connectivity index (χ2n) is 5.38. The Bertz CT molecular complexity index is 637. The Balaban J connectivity index is 1.77. The number of aromatic nitrogens is 1. The molecule has 20 heavy (non-hydrogen) atoms. The van der Waals surface area contributed by atoms with E-state index in [0.29, 0.717) is 12.5 Å². The van der Waals surface area contributed by atoms with Gasteiger partial charge in [-0.15, -0.1) is 0 Å². The van der Waals surface area contributed by atoms with Gasteiger partial charge >= 0.3 is 0 Å². The zero-order valence-electron chi connectivity index (χ0n) is 11.4. The molecule has 1 fully saturated rings. The average molecular weight is 336 g/mol. The van der Waals surface area contributed by atoms with Crippen molar-refractivity contribution in [2.45, 2.75) is 19.4 Å². The summed E-state index contributed by atoms with van der Waals surface area (Å²) >= 11 is 3.46. The summed E-state index contributed by atoms with van der Waals surface area (Å²) in [5, 5.41) is 4.49. The van der Waals surface area contributed by atoms with Crippen molar-refractivity contribution in [3.05, 3.63) is 34.4 Å². The van der Waals surface area contributed by atoms with Crippen LogP contribution in [0.5, 0.6) is 0 Å². The van der Waals surface area contributed by atoms with Crippen molar-refractivity contribution in [2.24, 2.45) is 0 Å². The highest BCUT2D eigenvalue weighted by Crippen LogP contribution is 2.23. The van der Waals surface area contributed by atoms with E-state index in [1.807, 2.05) is 23.2 Å². The number of fused-ring (bicyclic) bond motifs is 1. The van der Waals surface area contributed by atoms with Crippen molar-refractivity contribution in [1.29, 1.82) is 0 Å². The fourth-order valence-electron chi connectivity index (χ4n) is 2.74. The number of carbonyl (C=O) groups is 1. The van der Waals surface area contributed by atoms with Gasteiger partial charge in [0, 0.05) is 47.2 Å². The molecule has 5 heteroatoms. The van der Waals surface area contributed by atoms with Gasteiger partial charge in [-0.2, -0.15) is 0 Å². The third kappa shape index (κ3) is 2.74. The quantitative estimate of drug-likeness (QED) is 0.884. The lowest BCUT2D eigenvalue weighted by Crippen LogP contribution is -2.51. The Morgan fingerprint density at radius 3 is 3.15 bits per heavy atom. The van der Waals surface area contributed by atoms with E-state index in [1.54, 1.807) is 0 Å². The summed E-state index contributed by atoms with van der Waals surface area (Å²) in [6.45, 7) is 4.60. The number of piperazine rings is 1. The van der Waals surface area contributed by atoms with E-state index in [-0.39, 0.29) is 5.91 Å². The van der Waals surface area contributed by atoms with E-state index in [0.717, 1.165) is 40.6 Å². The van der Waals surface area contributed by atoms with Crippen molar-refractivity contribution in [2.75, 3.05) is 19.6 Å². The minimum absolute atomic E-state index is 0.210. The van der Waals surface area contributed by atoms with Gasteiger partial charge in [0.25, 0.3) is 0 Å². The Morgan fingerprint density at radius 1 is 1.50 bits per heavy atom. The van der Waals surface area contributed by atoms with Gasteiger partial charge in [0.2, 0.25) is 5.91 Å². The molecule has 2 N–H and O–H groups in total. The van der Waals surface area contributed by atoms with Gasteiger partial charge in [-0.25, -0.2) is 0 Å². The largest absolute Gasteiger partial charge is 0.361 e. The molecule has 1 aromatic carbocycles. The highest BCUT2D eigenvalue weighted by atomic mass is 79.9. The molecule has 1 aliphatic heterocycles. The Kier molecular flexibility index (Phi) is 3.81. The number of carbonyl (C=O) groups excluding carboxylic acids is 1. The first-order chi connectivity index (χ1) is 9.63. The molecule has 0 spiro atoms. The van der Waals surface area contributed by atoms with Gasteiger partial charge in [-0.05, 0) is 24.6 Å². The fraction of sp³-hybridized carbons (Fsp3) is 0.400. The number of aromatic amines is 1. The predicted molar refractivity (Wildman–Crippen MR) is 83.7 cm³/mol. The van der Waals surface area contributed by atoms with Crippen LogP contribution < -0.4 is 5.32 Å². The molecule has 1 amide bonds. The van der Waals surface area contributed by atoms with Gasteiger partial charge in [-0.3, -0.25) is 4.79 Å². The van der Waals surface area contributed by atoms with Crippen LogP contribution in [0, 0.1) is 0 Å². The molecule has 2 heterocycles. The molecule has 1 aliphatic rings. The zero-order chi connectivity index (χ0) is 14.1. The highest BCUT2D eigenvalue weighted by Gasteiger charge is 2.21. The fourth-order valence-corrected chi connectivity index (χ4v) is 3.10. The van der Waals surface area contributed by atoms with Crippen molar-refractivity contribution < 1.29 is 4.79 Å². The maximum absolute atomic E-state index is 12.4. The summed E-state index contributed by atoms with van der Waals surface area (Å²) in [6.07, 6.45) is 2.41. The molecule has 4 nitrogen and oxygen atoms in total. The van der Waals surface area contributed by atoms with Crippen molar-refractivity contribution in [3.63, 3.8) is 0 Å². The lowest BCUT2D eigenvalue weighted by Gasteiger charge is -2.32. The van der Waals surface area contributed by atoms with Crippen LogP contribution in [0.2, 0.25) is 0 Å². The lowest BCUT2D eigenvalue weighted by atomic mass is 10.1. The summed E-state index contributed by atoms with van der Waals surface area (Å²) in [6, 6.07) is 6.48. The van der Waals surface area contributed by atoms with Crippen LogP contribution in [-0.4, -0.2) is 41.5 Å². The van der Waals surface area contributed by atoms with Crippen LogP contribution in [0.25, 0.3) is 10.9 Å². The van der Waals surface area contributed by atoms with Gasteiger partial charge in [-0.1, -0.05) is 22.0 Å². The highest BCUT2D eigenvalue weighted by molar-refractivity contribution is 9.10. The van der Waals surface area contributed by atoms with E-state index < -0.39 is 0 Å². The third-order valence-corrected chi connectivity index (χ3v) is 4.29. The van der Waals surface area contributed by atoms with Crippen molar-refractivity contribution in [3.8, 4) is 0 Å². The monoisotopic (exact) mass is 335 g/mol. The standard InChI is InChI=1S/C15H18BrN3O/c1-10-9-19(5-4-17-10)15(20)6-11-8-18-14-7-12(16)2-3-13(11)14/h2-3,7-8,10,17-18H,4-6,9H2,1H3/t10-/m1/s1. The number of nitrogens with zero attached hydrogens (tertiary/aromatic N) is 1. The molecule has 0 unspecified atom stereocenters. The second-order valence-corrected chi connectivity index (χ2v) is 6.29. The number of nitrogens with one attached hydrogen (secondary N) is 2. The Labute approximate surface area is 126 Å². The number of H-pyrrole nitrogens is 1. The normalized spacial score (nSPS) is 19.5. The maximum Gasteiger partial charge on any atom is 0.227 e. The summed E-state index contributed by atoms with van der Waals surface area (Å²) in [4.78, 5) is 17.6. The van der Waals surface area contributed by atoms with Crippen molar-refractivity contribution in [1.82, 2.24) is 15.2 Å². The number of halogens is 1. The molecule has 106 valence electrons. The van der Waals surface area contributed by atoms with E-state index in [4.69, 9.17) is 0 Å². The molecule has 1 atom stereocenters. The molecule has 1 saturated heterocycles. The Hall–Kier alpha value is -1.33. The van der Waals surface area contributed by atoms with Crippen molar-refractivity contribution >= 4 is 32.7 Å². The zero-order valence-corrected chi connectivity index (χ0v) is 13.0. The molecule has 0 bridgehead atoms.